The van der Waals surface area contributed by atoms with Gasteiger partial charge in [0.25, 0.3) is 0 Å². The van der Waals surface area contributed by atoms with Crippen molar-refractivity contribution in [2.24, 2.45) is 0 Å². The Kier molecular flexibility index (Phi) is 6.30. The predicted octanol–water partition coefficient (Wildman–Crippen LogP) is 2.66. The van der Waals surface area contributed by atoms with Crippen LogP contribution in [0.2, 0.25) is 5.02 Å². The summed E-state index contributed by atoms with van der Waals surface area (Å²) in [5.74, 6) is 0. The standard InChI is InChI=1S/C16H25ClN2O/c1-2-14(12-20)18-15-7-9-19(10-8-15)11-13-5-3-4-6-16(13)17/h3-6,14-15,18,20H,2,7-12H2,1H3. The van der Waals surface area contributed by atoms with Crippen LogP contribution in [0.5, 0.6) is 0 Å². The van der Waals surface area contributed by atoms with Gasteiger partial charge in [0, 0.05) is 23.7 Å². The summed E-state index contributed by atoms with van der Waals surface area (Å²) < 4.78 is 0. The van der Waals surface area contributed by atoms with E-state index in [9.17, 15) is 5.11 Å². The Labute approximate surface area is 126 Å². The molecule has 112 valence electrons. The first-order valence-electron chi connectivity index (χ1n) is 7.55. The quantitative estimate of drug-likeness (QED) is 0.847. The Morgan fingerprint density at radius 1 is 1.35 bits per heavy atom. The summed E-state index contributed by atoms with van der Waals surface area (Å²) in [6.45, 7) is 5.45. The highest BCUT2D eigenvalue weighted by atomic mass is 35.5. The number of halogens is 1. The molecule has 3 nitrogen and oxygen atoms in total. The van der Waals surface area contributed by atoms with E-state index in [0.717, 1.165) is 43.9 Å². The molecule has 1 unspecified atom stereocenters. The van der Waals surface area contributed by atoms with Crippen LogP contribution < -0.4 is 5.32 Å². The molecule has 1 aromatic carbocycles. The van der Waals surface area contributed by atoms with E-state index in [1.165, 1.54) is 5.56 Å². The van der Waals surface area contributed by atoms with Crippen LogP contribution in [0.25, 0.3) is 0 Å². The molecule has 1 aliphatic heterocycles. The normalized spacial score (nSPS) is 19.1. The molecule has 1 saturated heterocycles. The number of rotatable bonds is 6. The van der Waals surface area contributed by atoms with Crippen LogP contribution in [0.4, 0.5) is 0 Å². The number of likely N-dealkylation sites (tertiary alicyclic amines) is 1. The van der Waals surface area contributed by atoms with Gasteiger partial charge in [0.1, 0.15) is 0 Å². The van der Waals surface area contributed by atoms with Crippen molar-refractivity contribution in [2.75, 3.05) is 19.7 Å². The highest BCUT2D eigenvalue weighted by Crippen LogP contribution is 2.20. The average Bonchev–Trinajstić information content (AvgIpc) is 2.49. The lowest BCUT2D eigenvalue weighted by Crippen LogP contribution is -2.46. The second-order valence-corrected chi connectivity index (χ2v) is 6.00. The van der Waals surface area contributed by atoms with E-state index in [1.54, 1.807) is 0 Å². The fourth-order valence-corrected chi connectivity index (χ4v) is 2.95. The molecule has 0 amide bonds. The highest BCUT2D eigenvalue weighted by Gasteiger charge is 2.21. The third kappa shape index (κ3) is 4.45. The van der Waals surface area contributed by atoms with Crippen LogP contribution in [-0.2, 0) is 6.54 Å². The fraction of sp³-hybridized carbons (Fsp3) is 0.625. The molecule has 1 atom stereocenters. The van der Waals surface area contributed by atoms with E-state index in [4.69, 9.17) is 11.6 Å². The zero-order chi connectivity index (χ0) is 14.4. The Morgan fingerprint density at radius 3 is 2.65 bits per heavy atom. The molecular weight excluding hydrogens is 272 g/mol. The third-order valence-corrected chi connectivity index (χ3v) is 4.49. The van der Waals surface area contributed by atoms with Gasteiger partial charge in [0.05, 0.1) is 6.61 Å². The maximum Gasteiger partial charge on any atom is 0.0584 e. The van der Waals surface area contributed by atoms with E-state index >= 15 is 0 Å². The topological polar surface area (TPSA) is 35.5 Å². The molecule has 0 spiro atoms. The van der Waals surface area contributed by atoms with Crippen LogP contribution in [0.15, 0.2) is 24.3 Å². The molecule has 1 aromatic rings. The summed E-state index contributed by atoms with van der Waals surface area (Å²) in [5.41, 5.74) is 1.21. The minimum atomic E-state index is 0.232. The van der Waals surface area contributed by atoms with Gasteiger partial charge < -0.3 is 10.4 Å². The maximum atomic E-state index is 9.25. The summed E-state index contributed by atoms with van der Waals surface area (Å²) in [6, 6.07) is 8.86. The van der Waals surface area contributed by atoms with E-state index in [2.05, 4.69) is 23.2 Å². The molecule has 0 bridgehead atoms. The Balaban J connectivity index is 1.78. The molecule has 1 fully saturated rings. The number of benzene rings is 1. The number of nitrogens with zero attached hydrogens (tertiary/aromatic N) is 1. The molecule has 0 aliphatic carbocycles. The summed E-state index contributed by atoms with van der Waals surface area (Å²) in [6.07, 6.45) is 3.26. The van der Waals surface area contributed by atoms with Gasteiger partial charge in [-0.25, -0.2) is 0 Å². The minimum absolute atomic E-state index is 0.232. The SMILES string of the molecule is CCC(CO)NC1CCN(Cc2ccccc2Cl)CC1. The van der Waals surface area contributed by atoms with Crippen LogP contribution in [0.1, 0.15) is 31.7 Å². The van der Waals surface area contributed by atoms with E-state index in [1.807, 2.05) is 18.2 Å². The van der Waals surface area contributed by atoms with Crippen LogP contribution in [0, 0.1) is 0 Å². The first kappa shape index (κ1) is 15.8. The zero-order valence-electron chi connectivity index (χ0n) is 12.2. The van der Waals surface area contributed by atoms with E-state index in [-0.39, 0.29) is 12.6 Å². The van der Waals surface area contributed by atoms with Gasteiger partial charge in [-0.3, -0.25) is 4.90 Å². The van der Waals surface area contributed by atoms with Gasteiger partial charge in [0.2, 0.25) is 0 Å². The lowest BCUT2D eigenvalue weighted by molar-refractivity contribution is 0.165. The van der Waals surface area contributed by atoms with Gasteiger partial charge in [0.15, 0.2) is 0 Å². The minimum Gasteiger partial charge on any atom is -0.395 e. The van der Waals surface area contributed by atoms with Crippen LogP contribution in [-0.4, -0.2) is 41.8 Å². The smallest absolute Gasteiger partial charge is 0.0584 e. The number of piperidine rings is 1. The molecule has 2 N–H and O–H groups in total. The van der Waals surface area contributed by atoms with Crippen LogP contribution >= 0.6 is 11.6 Å². The molecule has 0 radical (unpaired) electrons. The molecule has 4 heteroatoms. The second kappa shape index (κ2) is 7.99. The fourth-order valence-electron chi connectivity index (χ4n) is 2.76. The highest BCUT2D eigenvalue weighted by molar-refractivity contribution is 6.31. The molecule has 1 heterocycles. The summed E-state index contributed by atoms with van der Waals surface area (Å²) >= 11 is 6.21. The third-order valence-electron chi connectivity index (χ3n) is 4.12. The van der Waals surface area contributed by atoms with Crippen molar-refractivity contribution in [3.63, 3.8) is 0 Å². The van der Waals surface area contributed by atoms with E-state index < -0.39 is 0 Å². The lowest BCUT2D eigenvalue weighted by Gasteiger charge is -2.34. The number of hydrogen-bond donors (Lipinski definition) is 2. The predicted molar refractivity (Wildman–Crippen MR) is 84.1 cm³/mol. The van der Waals surface area contributed by atoms with Crippen molar-refractivity contribution in [3.05, 3.63) is 34.9 Å². The molecule has 2 rings (SSSR count). The monoisotopic (exact) mass is 296 g/mol. The van der Waals surface area contributed by atoms with E-state index in [0.29, 0.717) is 6.04 Å². The van der Waals surface area contributed by atoms with Gasteiger partial charge in [-0.2, -0.15) is 0 Å². The molecular formula is C16H25ClN2O. The van der Waals surface area contributed by atoms with Crippen molar-refractivity contribution < 1.29 is 5.11 Å². The van der Waals surface area contributed by atoms with Gasteiger partial charge in [-0.05, 0) is 44.0 Å². The van der Waals surface area contributed by atoms with Crippen molar-refractivity contribution in [1.29, 1.82) is 0 Å². The zero-order valence-corrected chi connectivity index (χ0v) is 12.9. The first-order valence-corrected chi connectivity index (χ1v) is 7.93. The number of nitrogens with one attached hydrogen (secondary N) is 1. The maximum absolute atomic E-state index is 9.25. The van der Waals surface area contributed by atoms with Gasteiger partial charge >= 0.3 is 0 Å². The number of aliphatic hydroxyl groups excluding tert-OH is 1. The summed E-state index contributed by atoms with van der Waals surface area (Å²) in [5, 5.41) is 13.7. The Hall–Kier alpha value is -0.610. The largest absolute Gasteiger partial charge is 0.395 e. The van der Waals surface area contributed by atoms with Crippen molar-refractivity contribution in [3.8, 4) is 0 Å². The van der Waals surface area contributed by atoms with Gasteiger partial charge in [-0.15, -0.1) is 0 Å². The summed E-state index contributed by atoms with van der Waals surface area (Å²) in [7, 11) is 0. The molecule has 1 aliphatic rings. The average molecular weight is 297 g/mol. The molecule has 0 saturated carbocycles. The van der Waals surface area contributed by atoms with Crippen molar-refractivity contribution in [2.45, 2.75) is 44.8 Å². The molecule has 20 heavy (non-hydrogen) atoms. The Morgan fingerprint density at radius 2 is 2.05 bits per heavy atom. The Bertz CT molecular complexity index is 401. The number of aliphatic hydroxyl groups is 1. The van der Waals surface area contributed by atoms with Crippen molar-refractivity contribution in [1.82, 2.24) is 10.2 Å². The van der Waals surface area contributed by atoms with Crippen molar-refractivity contribution >= 4 is 11.6 Å². The van der Waals surface area contributed by atoms with Crippen LogP contribution in [0.3, 0.4) is 0 Å². The second-order valence-electron chi connectivity index (χ2n) is 5.60. The summed E-state index contributed by atoms with van der Waals surface area (Å²) in [4.78, 5) is 2.46. The molecule has 0 aromatic heterocycles. The number of hydrogen-bond acceptors (Lipinski definition) is 3. The first-order chi connectivity index (χ1) is 9.72. The van der Waals surface area contributed by atoms with Gasteiger partial charge in [-0.1, -0.05) is 36.7 Å². The lowest BCUT2D eigenvalue weighted by atomic mass is 10.0.